The Morgan fingerprint density at radius 2 is 2.06 bits per heavy atom. The van der Waals surface area contributed by atoms with Crippen molar-refractivity contribution in [2.75, 3.05) is 6.54 Å². The van der Waals surface area contributed by atoms with Crippen molar-refractivity contribution in [1.29, 1.82) is 0 Å². The van der Waals surface area contributed by atoms with Crippen LogP contribution >= 0.6 is 0 Å². The van der Waals surface area contributed by atoms with Crippen LogP contribution in [0, 0.1) is 18.6 Å². The Morgan fingerprint density at radius 1 is 1.38 bits per heavy atom. The summed E-state index contributed by atoms with van der Waals surface area (Å²) < 4.78 is 26.7. The van der Waals surface area contributed by atoms with Gasteiger partial charge in [0.25, 0.3) is 0 Å². The number of hydrogen-bond acceptors (Lipinski definition) is 2. The molecular formula is C12H15F2NO. The van der Waals surface area contributed by atoms with E-state index >= 15 is 0 Å². The van der Waals surface area contributed by atoms with Gasteiger partial charge >= 0.3 is 0 Å². The second-order valence-electron chi connectivity index (χ2n) is 4.30. The number of benzene rings is 1. The molecule has 0 aromatic heterocycles. The highest BCUT2D eigenvalue weighted by Crippen LogP contribution is 2.23. The van der Waals surface area contributed by atoms with Gasteiger partial charge in [-0.25, -0.2) is 8.78 Å². The number of nitrogens with one attached hydrogen (secondary N) is 1. The standard InChI is InChI=1S/C12H15F2NO/c1-7-2-5-9(12(14)11(7)13)10(16)6-15-8-3-4-8/h2,5,8,10,15-16H,3-4,6H2,1H3. The zero-order chi connectivity index (χ0) is 11.7. The lowest BCUT2D eigenvalue weighted by Gasteiger charge is -2.13. The number of hydrogen-bond donors (Lipinski definition) is 2. The summed E-state index contributed by atoms with van der Waals surface area (Å²) in [6, 6.07) is 3.36. The van der Waals surface area contributed by atoms with Gasteiger partial charge in [-0.05, 0) is 25.3 Å². The average Bonchev–Trinajstić information content (AvgIpc) is 3.07. The zero-order valence-corrected chi connectivity index (χ0v) is 9.13. The Hall–Kier alpha value is -1.00. The van der Waals surface area contributed by atoms with Gasteiger partial charge in [-0.2, -0.15) is 0 Å². The molecule has 2 nitrogen and oxygen atoms in total. The Labute approximate surface area is 93.3 Å². The fraction of sp³-hybridized carbons (Fsp3) is 0.500. The second-order valence-corrected chi connectivity index (χ2v) is 4.30. The number of rotatable bonds is 4. The van der Waals surface area contributed by atoms with Crippen LogP contribution in [0.15, 0.2) is 12.1 Å². The second kappa shape index (κ2) is 4.47. The third-order valence-corrected chi connectivity index (χ3v) is 2.84. The van der Waals surface area contributed by atoms with Crippen molar-refractivity contribution in [3.05, 3.63) is 34.9 Å². The molecule has 16 heavy (non-hydrogen) atoms. The quantitative estimate of drug-likeness (QED) is 0.825. The third kappa shape index (κ3) is 2.39. The lowest BCUT2D eigenvalue weighted by molar-refractivity contribution is 0.168. The minimum absolute atomic E-state index is 0.0243. The smallest absolute Gasteiger partial charge is 0.164 e. The van der Waals surface area contributed by atoms with Gasteiger partial charge in [-0.15, -0.1) is 0 Å². The van der Waals surface area contributed by atoms with Crippen molar-refractivity contribution in [1.82, 2.24) is 5.32 Å². The van der Waals surface area contributed by atoms with Crippen LogP contribution in [0.25, 0.3) is 0 Å². The lowest BCUT2D eigenvalue weighted by atomic mass is 10.1. The van der Waals surface area contributed by atoms with E-state index in [1.165, 1.54) is 19.1 Å². The Balaban J connectivity index is 2.09. The first-order valence-electron chi connectivity index (χ1n) is 5.45. The van der Waals surface area contributed by atoms with Gasteiger partial charge in [-0.1, -0.05) is 12.1 Å². The van der Waals surface area contributed by atoms with Crippen LogP contribution in [0.2, 0.25) is 0 Å². The third-order valence-electron chi connectivity index (χ3n) is 2.84. The van der Waals surface area contributed by atoms with E-state index < -0.39 is 17.7 Å². The van der Waals surface area contributed by atoms with Gasteiger partial charge in [0.1, 0.15) is 0 Å². The molecule has 2 rings (SSSR count). The van der Waals surface area contributed by atoms with E-state index in [1.807, 2.05) is 0 Å². The van der Waals surface area contributed by atoms with Gasteiger partial charge in [0.05, 0.1) is 6.10 Å². The van der Waals surface area contributed by atoms with Crippen LogP contribution in [-0.2, 0) is 0 Å². The molecule has 0 heterocycles. The molecule has 1 aliphatic rings. The highest BCUT2D eigenvalue weighted by Gasteiger charge is 2.23. The molecule has 0 spiro atoms. The molecular weight excluding hydrogens is 212 g/mol. The minimum Gasteiger partial charge on any atom is -0.387 e. The summed E-state index contributed by atoms with van der Waals surface area (Å²) in [6.45, 7) is 1.76. The number of aliphatic hydroxyl groups is 1. The predicted molar refractivity (Wildman–Crippen MR) is 57.1 cm³/mol. The SMILES string of the molecule is Cc1ccc(C(O)CNC2CC2)c(F)c1F. The van der Waals surface area contributed by atoms with Gasteiger partial charge in [0.15, 0.2) is 11.6 Å². The number of aliphatic hydroxyl groups excluding tert-OH is 1. The van der Waals surface area contributed by atoms with Crippen molar-refractivity contribution in [2.24, 2.45) is 0 Å². The first-order valence-corrected chi connectivity index (χ1v) is 5.45. The zero-order valence-electron chi connectivity index (χ0n) is 9.13. The van der Waals surface area contributed by atoms with Crippen LogP contribution in [0.1, 0.15) is 30.1 Å². The van der Waals surface area contributed by atoms with E-state index in [4.69, 9.17) is 0 Å². The molecule has 1 aliphatic carbocycles. The van der Waals surface area contributed by atoms with Gasteiger partial charge < -0.3 is 10.4 Å². The maximum absolute atomic E-state index is 13.5. The summed E-state index contributed by atoms with van der Waals surface area (Å²) in [5.41, 5.74) is 0.278. The van der Waals surface area contributed by atoms with Gasteiger partial charge in [0, 0.05) is 18.2 Å². The van der Waals surface area contributed by atoms with Crippen LogP contribution < -0.4 is 5.32 Å². The molecule has 4 heteroatoms. The minimum atomic E-state index is -0.990. The first kappa shape index (κ1) is 11.5. The maximum Gasteiger partial charge on any atom is 0.164 e. The average molecular weight is 227 g/mol. The molecule has 0 bridgehead atoms. The van der Waals surface area contributed by atoms with Crippen molar-refractivity contribution in [3.8, 4) is 0 Å². The van der Waals surface area contributed by atoms with Crippen molar-refractivity contribution >= 4 is 0 Å². The summed E-state index contributed by atoms with van der Waals surface area (Å²) in [5, 5.41) is 12.8. The molecule has 1 atom stereocenters. The topological polar surface area (TPSA) is 32.3 Å². The fourth-order valence-electron chi connectivity index (χ4n) is 1.59. The normalized spacial score (nSPS) is 17.5. The molecule has 1 aromatic carbocycles. The Kier molecular flexibility index (Phi) is 3.21. The molecule has 1 fully saturated rings. The summed E-state index contributed by atoms with van der Waals surface area (Å²) in [5.74, 6) is -1.81. The molecule has 1 unspecified atom stereocenters. The van der Waals surface area contributed by atoms with Crippen LogP contribution in [-0.4, -0.2) is 17.7 Å². The highest BCUT2D eigenvalue weighted by molar-refractivity contribution is 5.27. The number of aryl methyl sites for hydroxylation is 1. The van der Waals surface area contributed by atoms with E-state index in [2.05, 4.69) is 5.32 Å². The molecule has 0 amide bonds. The van der Waals surface area contributed by atoms with Crippen molar-refractivity contribution in [2.45, 2.75) is 31.9 Å². The predicted octanol–water partition coefficient (Wildman–Crippen LogP) is 2.06. The van der Waals surface area contributed by atoms with Crippen molar-refractivity contribution in [3.63, 3.8) is 0 Å². The summed E-state index contributed by atoms with van der Waals surface area (Å²) >= 11 is 0. The molecule has 0 saturated heterocycles. The van der Waals surface area contributed by atoms with E-state index in [9.17, 15) is 13.9 Å². The summed E-state index contributed by atoms with van der Waals surface area (Å²) in [4.78, 5) is 0. The molecule has 0 aliphatic heterocycles. The Bertz CT molecular complexity index is 391. The van der Waals surface area contributed by atoms with E-state index in [0.717, 1.165) is 12.8 Å². The van der Waals surface area contributed by atoms with Gasteiger partial charge in [-0.3, -0.25) is 0 Å². The van der Waals surface area contributed by atoms with Crippen LogP contribution in [0.5, 0.6) is 0 Å². The highest BCUT2D eigenvalue weighted by atomic mass is 19.2. The molecule has 1 aromatic rings. The molecule has 2 N–H and O–H groups in total. The summed E-state index contributed by atoms with van der Waals surface area (Å²) in [7, 11) is 0. The molecule has 0 radical (unpaired) electrons. The van der Waals surface area contributed by atoms with Crippen LogP contribution in [0.3, 0.4) is 0 Å². The summed E-state index contributed by atoms with van der Waals surface area (Å²) in [6.07, 6.45) is 1.20. The largest absolute Gasteiger partial charge is 0.387 e. The van der Waals surface area contributed by atoms with E-state index in [1.54, 1.807) is 0 Å². The molecule has 88 valence electrons. The van der Waals surface area contributed by atoms with Crippen LogP contribution in [0.4, 0.5) is 8.78 Å². The van der Waals surface area contributed by atoms with Gasteiger partial charge in [0.2, 0.25) is 0 Å². The maximum atomic E-state index is 13.5. The monoisotopic (exact) mass is 227 g/mol. The molecule has 1 saturated carbocycles. The lowest BCUT2D eigenvalue weighted by Crippen LogP contribution is -2.24. The van der Waals surface area contributed by atoms with E-state index in [-0.39, 0.29) is 17.7 Å². The van der Waals surface area contributed by atoms with E-state index in [0.29, 0.717) is 6.04 Å². The fourth-order valence-corrected chi connectivity index (χ4v) is 1.59. The first-order chi connectivity index (χ1) is 7.59. The number of halogens is 2. The van der Waals surface area contributed by atoms with Crippen molar-refractivity contribution < 1.29 is 13.9 Å². The Morgan fingerprint density at radius 3 is 2.69 bits per heavy atom.